The Labute approximate surface area is 187 Å². The predicted molar refractivity (Wildman–Crippen MR) is 111 cm³/mol. The molecule has 3 rings (SSSR count). The quantitative estimate of drug-likeness (QED) is 0.387. The topological polar surface area (TPSA) is 76.3 Å². The Bertz CT molecular complexity index is 1160. The van der Waals surface area contributed by atoms with Crippen molar-refractivity contribution in [3.63, 3.8) is 0 Å². The van der Waals surface area contributed by atoms with Crippen molar-refractivity contribution in [2.75, 3.05) is 19.4 Å². The first-order valence-corrected chi connectivity index (χ1v) is 11.4. The fraction of sp³-hybridized carbons (Fsp3) is 0.412. The molecule has 0 amide bonds. The first-order valence-electron chi connectivity index (χ1n) is 8.70. The van der Waals surface area contributed by atoms with Crippen molar-refractivity contribution < 1.29 is 35.1 Å². The summed E-state index contributed by atoms with van der Waals surface area (Å²) in [7, 11) is -2.39. The largest absolute Gasteiger partial charge is 0.455 e. The second kappa shape index (κ2) is 8.27. The average Bonchev–Trinajstić information content (AvgIpc) is 3.05. The SMILES string of the molecule is CCS(=O)(=O)c1c(C2=CN(C)C(OCC(F)(F)C(F)(F)F)N=C2)nc2ccc(I)cn12. The number of nitrogens with zero attached hydrogens (tertiary/aromatic N) is 4. The van der Waals surface area contributed by atoms with Crippen LogP contribution in [0.5, 0.6) is 0 Å². The van der Waals surface area contributed by atoms with Crippen LogP contribution >= 0.6 is 22.6 Å². The summed E-state index contributed by atoms with van der Waals surface area (Å²) >= 11 is 2.02. The van der Waals surface area contributed by atoms with Gasteiger partial charge in [-0.3, -0.25) is 4.40 Å². The van der Waals surface area contributed by atoms with E-state index in [0.29, 0.717) is 5.65 Å². The van der Waals surface area contributed by atoms with Gasteiger partial charge in [0.2, 0.25) is 6.35 Å². The highest BCUT2D eigenvalue weighted by atomic mass is 127. The molecule has 0 spiro atoms. The second-order valence-corrected chi connectivity index (χ2v) is 10.1. The Morgan fingerprint density at radius 3 is 2.48 bits per heavy atom. The Morgan fingerprint density at radius 1 is 1.23 bits per heavy atom. The van der Waals surface area contributed by atoms with Crippen LogP contribution in [0.1, 0.15) is 12.6 Å². The molecule has 0 aromatic carbocycles. The highest BCUT2D eigenvalue weighted by molar-refractivity contribution is 14.1. The number of ether oxygens (including phenoxy) is 1. The number of sulfone groups is 1. The van der Waals surface area contributed by atoms with Crippen molar-refractivity contribution in [3.8, 4) is 0 Å². The smallest absolute Gasteiger partial charge is 0.336 e. The molecule has 170 valence electrons. The van der Waals surface area contributed by atoms with Gasteiger partial charge in [-0.2, -0.15) is 22.0 Å². The number of aliphatic imine (C=N–C) groups is 1. The summed E-state index contributed by atoms with van der Waals surface area (Å²) in [5, 5.41) is -0.0717. The van der Waals surface area contributed by atoms with Crippen LogP contribution in [0.25, 0.3) is 11.2 Å². The minimum Gasteiger partial charge on any atom is -0.336 e. The maximum atomic E-state index is 13.1. The van der Waals surface area contributed by atoms with Crippen molar-refractivity contribution in [2.45, 2.75) is 30.4 Å². The minimum atomic E-state index is -5.75. The van der Waals surface area contributed by atoms with Crippen molar-refractivity contribution in [1.82, 2.24) is 14.3 Å². The number of allylic oxidation sites excluding steroid dienone is 1. The predicted octanol–water partition coefficient (Wildman–Crippen LogP) is 3.59. The van der Waals surface area contributed by atoms with Crippen LogP contribution in [-0.2, 0) is 14.6 Å². The van der Waals surface area contributed by atoms with Crippen LogP contribution in [0.3, 0.4) is 0 Å². The van der Waals surface area contributed by atoms with Gasteiger partial charge in [-0.05, 0) is 34.7 Å². The highest BCUT2D eigenvalue weighted by Gasteiger charge is 2.58. The van der Waals surface area contributed by atoms with Gasteiger partial charge in [0, 0.05) is 34.8 Å². The molecule has 0 bridgehead atoms. The lowest BCUT2D eigenvalue weighted by molar-refractivity contribution is -0.302. The molecule has 2 aromatic heterocycles. The average molecular weight is 578 g/mol. The van der Waals surface area contributed by atoms with Crippen LogP contribution in [-0.4, -0.2) is 66.8 Å². The lowest BCUT2D eigenvalue weighted by atomic mass is 10.2. The molecule has 0 saturated heterocycles. The van der Waals surface area contributed by atoms with Gasteiger partial charge in [-0.1, -0.05) is 6.92 Å². The van der Waals surface area contributed by atoms with E-state index in [0.717, 1.165) is 14.7 Å². The zero-order valence-corrected chi connectivity index (χ0v) is 19.0. The fourth-order valence-corrected chi connectivity index (χ4v) is 4.36. The molecule has 31 heavy (non-hydrogen) atoms. The number of pyridine rings is 1. The van der Waals surface area contributed by atoms with E-state index in [-0.39, 0.29) is 22.0 Å². The number of rotatable bonds is 6. The molecule has 0 fully saturated rings. The molecule has 2 aromatic rings. The third-order valence-corrected chi connectivity index (χ3v) is 6.72. The summed E-state index contributed by atoms with van der Waals surface area (Å²) in [6.45, 7) is -0.430. The van der Waals surface area contributed by atoms with Crippen molar-refractivity contribution in [2.24, 2.45) is 4.99 Å². The van der Waals surface area contributed by atoms with E-state index in [9.17, 15) is 30.4 Å². The number of aromatic nitrogens is 2. The van der Waals surface area contributed by atoms with Gasteiger partial charge in [-0.15, -0.1) is 0 Å². The zero-order valence-electron chi connectivity index (χ0n) is 16.1. The Hall–Kier alpha value is -1.81. The Balaban J connectivity index is 1.94. The Morgan fingerprint density at radius 2 is 1.90 bits per heavy atom. The first-order chi connectivity index (χ1) is 14.3. The van der Waals surface area contributed by atoms with Gasteiger partial charge < -0.3 is 9.64 Å². The van der Waals surface area contributed by atoms with E-state index < -0.39 is 34.9 Å². The molecule has 3 heterocycles. The zero-order chi connectivity index (χ0) is 23.2. The molecule has 14 heteroatoms. The Kier molecular flexibility index (Phi) is 6.36. The van der Waals surface area contributed by atoms with Gasteiger partial charge in [0.25, 0.3) is 0 Å². The molecule has 0 radical (unpaired) electrons. The second-order valence-electron chi connectivity index (χ2n) is 6.61. The molecule has 1 unspecified atom stereocenters. The molecule has 1 aliphatic rings. The first kappa shape index (κ1) is 23.8. The third-order valence-electron chi connectivity index (χ3n) is 4.35. The van der Waals surface area contributed by atoms with Gasteiger partial charge in [-0.25, -0.2) is 18.4 Å². The van der Waals surface area contributed by atoms with Crippen LogP contribution in [0.2, 0.25) is 0 Å². The van der Waals surface area contributed by atoms with Gasteiger partial charge >= 0.3 is 12.1 Å². The summed E-state index contributed by atoms with van der Waals surface area (Å²) in [5.41, 5.74) is 0.678. The lowest BCUT2D eigenvalue weighted by Crippen LogP contribution is -2.43. The molecular weight excluding hydrogens is 562 g/mol. The number of fused-ring (bicyclic) bond motifs is 1. The molecule has 7 nitrogen and oxygen atoms in total. The highest BCUT2D eigenvalue weighted by Crippen LogP contribution is 2.36. The van der Waals surface area contributed by atoms with Crippen LogP contribution < -0.4 is 0 Å². The van der Waals surface area contributed by atoms with E-state index in [1.165, 1.54) is 24.6 Å². The summed E-state index contributed by atoms with van der Waals surface area (Å²) in [6.07, 6.45) is -3.13. The lowest BCUT2D eigenvalue weighted by Gasteiger charge is -2.29. The third kappa shape index (κ3) is 4.69. The van der Waals surface area contributed by atoms with Gasteiger partial charge in [0.15, 0.2) is 14.9 Å². The number of halogens is 6. The summed E-state index contributed by atoms with van der Waals surface area (Å²) < 4.78 is 95.5. The molecule has 1 atom stereocenters. The van der Waals surface area contributed by atoms with Gasteiger partial charge in [0.1, 0.15) is 17.9 Å². The summed E-state index contributed by atoms with van der Waals surface area (Å²) in [6, 6.07) is 3.38. The summed E-state index contributed by atoms with van der Waals surface area (Å²) in [4.78, 5) is 9.36. The summed E-state index contributed by atoms with van der Waals surface area (Å²) in [5.74, 6) is -5.23. The van der Waals surface area contributed by atoms with Crippen LogP contribution in [0, 0.1) is 3.57 Å². The van der Waals surface area contributed by atoms with E-state index in [1.54, 1.807) is 18.3 Å². The molecular formula is C17H16F5IN4O3S. The van der Waals surface area contributed by atoms with Crippen molar-refractivity contribution >= 4 is 49.9 Å². The monoisotopic (exact) mass is 578 g/mol. The fourth-order valence-electron chi connectivity index (χ4n) is 2.73. The van der Waals surface area contributed by atoms with E-state index >= 15 is 0 Å². The van der Waals surface area contributed by atoms with Crippen LogP contribution in [0.4, 0.5) is 22.0 Å². The maximum Gasteiger partial charge on any atom is 0.455 e. The van der Waals surface area contributed by atoms with E-state index in [1.807, 2.05) is 22.6 Å². The van der Waals surface area contributed by atoms with E-state index in [4.69, 9.17) is 0 Å². The van der Waals surface area contributed by atoms with Crippen molar-refractivity contribution in [3.05, 3.63) is 33.8 Å². The molecule has 0 saturated carbocycles. The number of hydrogen-bond donors (Lipinski definition) is 0. The minimum absolute atomic E-state index is 0.0717. The number of imidazole rings is 1. The normalized spacial score (nSPS) is 18.0. The molecule has 0 aliphatic carbocycles. The molecule has 0 N–H and O–H groups in total. The molecule has 1 aliphatic heterocycles. The number of hydrogen-bond acceptors (Lipinski definition) is 6. The number of alkyl halides is 5. The van der Waals surface area contributed by atoms with Crippen molar-refractivity contribution in [1.29, 1.82) is 0 Å². The standard InChI is InChI=1S/C17H16F5IN4O3S/c1-3-31(28,29)14-13(25-12-5-4-11(23)8-27(12)14)10-6-24-15(26(2)7-10)30-9-16(18,19)17(20,21)22/h4-8,15H,3,9H2,1-2H3. The van der Waals surface area contributed by atoms with Crippen LogP contribution in [0.15, 0.2) is 34.5 Å². The van der Waals surface area contributed by atoms with E-state index in [2.05, 4.69) is 14.7 Å². The van der Waals surface area contributed by atoms with Gasteiger partial charge in [0.05, 0.1) is 5.75 Å². The maximum absolute atomic E-state index is 13.1.